The van der Waals surface area contributed by atoms with Gasteiger partial charge in [-0.2, -0.15) is 0 Å². The molecule has 0 spiro atoms. The Hall–Kier alpha value is -2.10. The Bertz CT molecular complexity index is 569. The van der Waals surface area contributed by atoms with Gasteiger partial charge in [-0.3, -0.25) is 9.59 Å². The summed E-state index contributed by atoms with van der Waals surface area (Å²) in [4.78, 5) is 25.1. The van der Waals surface area contributed by atoms with Crippen molar-refractivity contribution in [3.05, 3.63) is 41.0 Å². The van der Waals surface area contributed by atoms with E-state index in [0.29, 0.717) is 18.4 Å². The van der Waals surface area contributed by atoms with E-state index in [9.17, 15) is 9.59 Å². The lowest BCUT2D eigenvalue weighted by atomic mass is 9.79. The maximum absolute atomic E-state index is 12.4. The smallest absolute Gasteiger partial charge is 0.249 e. The predicted octanol–water partition coefficient (Wildman–Crippen LogP) is 2.12. The van der Waals surface area contributed by atoms with Crippen molar-refractivity contribution in [2.24, 2.45) is 11.7 Å². The molecule has 2 N–H and O–H groups in total. The quantitative estimate of drug-likeness (QED) is 0.862. The fourth-order valence-electron chi connectivity index (χ4n) is 2.55. The minimum absolute atomic E-state index is 0.00324. The molecule has 2 amide bonds. The molecule has 1 saturated carbocycles. The van der Waals surface area contributed by atoms with Crippen molar-refractivity contribution in [2.75, 3.05) is 7.05 Å². The summed E-state index contributed by atoms with van der Waals surface area (Å²) in [6.07, 6.45) is 3.24. The van der Waals surface area contributed by atoms with E-state index in [1.54, 1.807) is 11.9 Å². The van der Waals surface area contributed by atoms with Gasteiger partial charge in [0.15, 0.2) is 0 Å². The van der Waals surface area contributed by atoms with Crippen LogP contribution in [0, 0.1) is 12.8 Å². The monoisotopic (exact) mass is 286 g/mol. The van der Waals surface area contributed by atoms with Crippen LogP contribution in [-0.4, -0.2) is 29.8 Å². The zero-order valence-corrected chi connectivity index (χ0v) is 12.8. The molecule has 1 aliphatic rings. The van der Waals surface area contributed by atoms with Crippen molar-refractivity contribution in [1.82, 2.24) is 4.90 Å². The van der Waals surface area contributed by atoms with Crippen LogP contribution >= 0.6 is 0 Å². The molecule has 2 rings (SSSR count). The van der Waals surface area contributed by atoms with Crippen LogP contribution in [-0.2, 0) is 9.59 Å². The summed E-state index contributed by atoms with van der Waals surface area (Å²) in [5.74, 6) is -0.339. The average Bonchev–Trinajstić information content (AvgIpc) is 2.38. The minimum atomic E-state index is -0.265. The number of nitrogens with zero attached hydrogens (tertiary/aromatic N) is 1. The standard InChI is InChI=1S/C17H22N2O2/c1-11-4-6-13(7-5-11)8-12(2)17(21)19(3)15-9-14(10-15)16(18)20/h4-8,14-15H,9-10H2,1-3H3,(H2,18,20)/b12-8+. The first-order valence-corrected chi connectivity index (χ1v) is 7.20. The molecule has 1 aliphatic carbocycles. The molecule has 0 aliphatic heterocycles. The van der Waals surface area contributed by atoms with Gasteiger partial charge in [0.05, 0.1) is 0 Å². The first-order chi connectivity index (χ1) is 9.88. The molecular weight excluding hydrogens is 264 g/mol. The summed E-state index contributed by atoms with van der Waals surface area (Å²) in [7, 11) is 1.79. The molecule has 0 radical (unpaired) electrons. The highest BCUT2D eigenvalue weighted by Gasteiger charge is 2.37. The van der Waals surface area contributed by atoms with E-state index in [1.807, 2.05) is 44.2 Å². The summed E-state index contributed by atoms with van der Waals surface area (Å²) in [5, 5.41) is 0. The Morgan fingerprint density at radius 3 is 2.33 bits per heavy atom. The number of nitrogens with two attached hydrogens (primary N) is 1. The first-order valence-electron chi connectivity index (χ1n) is 7.20. The number of amides is 2. The Morgan fingerprint density at radius 1 is 1.24 bits per heavy atom. The number of hydrogen-bond donors (Lipinski definition) is 1. The molecule has 4 heteroatoms. The number of aryl methyl sites for hydroxylation is 1. The maximum Gasteiger partial charge on any atom is 0.249 e. The highest BCUT2D eigenvalue weighted by atomic mass is 16.2. The molecule has 0 saturated heterocycles. The van der Waals surface area contributed by atoms with Crippen LogP contribution < -0.4 is 5.73 Å². The topological polar surface area (TPSA) is 63.4 Å². The first kappa shape index (κ1) is 15.3. The van der Waals surface area contributed by atoms with Crippen LogP contribution in [0.15, 0.2) is 29.8 Å². The highest BCUT2D eigenvalue weighted by molar-refractivity contribution is 5.97. The number of hydrogen-bond acceptors (Lipinski definition) is 2. The normalized spacial score (nSPS) is 21.6. The van der Waals surface area contributed by atoms with Crippen molar-refractivity contribution in [3.63, 3.8) is 0 Å². The zero-order valence-electron chi connectivity index (χ0n) is 12.8. The molecular formula is C17H22N2O2. The molecule has 0 aromatic heterocycles. The number of rotatable bonds is 4. The third kappa shape index (κ3) is 3.51. The van der Waals surface area contributed by atoms with E-state index < -0.39 is 0 Å². The number of primary amides is 1. The number of benzene rings is 1. The lowest BCUT2D eigenvalue weighted by molar-refractivity contribution is -0.135. The van der Waals surface area contributed by atoms with E-state index in [-0.39, 0.29) is 23.8 Å². The van der Waals surface area contributed by atoms with Gasteiger partial charge < -0.3 is 10.6 Å². The molecule has 0 unspecified atom stereocenters. The molecule has 1 aromatic rings. The van der Waals surface area contributed by atoms with Gasteiger partial charge >= 0.3 is 0 Å². The van der Waals surface area contributed by atoms with Crippen LogP contribution in [0.3, 0.4) is 0 Å². The van der Waals surface area contributed by atoms with Gasteiger partial charge in [0.1, 0.15) is 0 Å². The molecule has 21 heavy (non-hydrogen) atoms. The second kappa shape index (κ2) is 6.12. The summed E-state index contributed by atoms with van der Waals surface area (Å²) >= 11 is 0. The largest absolute Gasteiger partial charge is 0.369 e. The molecule has 4 nitrogen and oxygen atoms in total. The summed E-state index contributed by atoms with van der Waals surface area (Å²) in [6, 6.07) is 8.17. The number of carbonyl (C=O) groups is 2. The fraction of sp³-hybridized carbons (Fsp3) is 0.412. The van der Waals surface area contributed by atoms with E-state index >= 15 is 0 Å². The van der Waals surface area contributed by atoms with Gasteiger partial charge in [-0.05, 0) is 38.3 Å². The van der Waals surface area contributed by atoms with Crippen molar-refractivity contribution >= 4 is 17.9 Å². The van der Waals surface area contributed by atoms with Crippen LogP contribution in [0.4, 0.5) is 0 Å². The Balaban J connectivity index is 1.99. The van der Waals surface area contributed by atoms with Gasteiger partial charge in [-0.25, -0.2) is 0 Å². The third-order valence-electron chi connectivity index (χ3n) is 4.18. The number of carbonyl (C=O) groups excluding carboxylic acids is 2. The maximum atomic E-state index is 12.4. The average molecular weight is 286 g/mol. The molecule has 1 aromatic carbocycles. The zero-order chi connectivity index (χ0) is 15.6. The fourth-order valence-corrected chi connectivity index (χ4v) is 2.55. The Labute approximate surface area is 125 Å². The molecule has 112 valence electrons. The van der Waals surface area contributed by atoms with Crippen molar-refractivity contribution in [2.45, 2.75) is 32.7 Å². The van der Waals surface area contributed by atoms with E-state index in [4.69, 9.17) is 5.73 Å². The molecule has 1 fully saturated rings. The second-order valence-corrected chi connectivity index (χ2v) is 5.88. The van der Waals surface area contributed by atoms with Crippen molar-refractivity contribution < 1.29 is 9.59 Å². The van der Waals surface area contributed by atoms with Gasteiger partial charge in [-0.15, -0.1) is 0 Å². The second-order valence-electron chi connectivity index (χ2n) is 5.88. The lowest BCUT2D eigenvalue weighted by Gasteiger charge is -2.39. The van der Waals surface area contributed by atoms with Gasteiger partial charge in [0.25, 0.3) is 0 Å². The summed E-state index contributed by atoms with van der Waals surface area (Å²) < 4.78 is 0. The minimum Gasteiger partial charge on any atom is -0.369 e. The molecule has 0 heterocycles. The van der Waals surface area contributed by atoms with Crippen LogP contribution in [0.1, 0.15) is 30.9 Å². The molecule has 0 bridgehead atoms. The Kier molecular flexibility index (Phi) is 4.46. The SMILES string of the molecule is C/C(=C\c1ccc(C)cc1)C(=O)N(C)C1CC(C(N)=O)C1. The number of likely N-dealkylation sites (N-methyl/N-ethyl adjacent to an activating group) is 1. The van der Waals surface area contributed by atoms with Crippen LogP contribution in [0.2, 0.25) is 0 Å². The highest BCUT2D eigenvalue weighted by Crippen LogP contribution is 2.31. The third-order valence-corrected chi connectivity index (χ3v) is 4.18. The van der Waals surface area contributed by atoms with E-state index in [0.717, 1.165) is 5.56 Å². The van der Waals surface area contributed by atoms with E-state index in [1.165, 1.54) is 5.56 Å². The molecule has 0 atom stereocenters. The lowest BCUT2D eigenvalue weighted by Crippen LogP contribution is -2.49. The van der Waals surface area contributed by atoms with E-state index in [2.05, 4.69) is 0 Å². The van der Waals surface area contributed by atoms with Crippen molar-refractivity contribution in [3.8, 4) is 0 Å². The predicted molar refractivity (Wildman–Crippen MR) is 83.3 cm³/mol. The van der Waals surface area contributed by atoms with Gasteiger partial charge in [-0.1, -0.05) is 29.8 Å². The van der Waals surface area contributed by atoms with Crippen LogP contribution in [0.25, 0.3) is 6.08 Å². The van der Waals surface area contributed by atoms with Crippen LogP contribution in [0.5, 0.6) is 0 Å². The van der Waals surface area contributed by atoms with Crippen molar-refractivity contribution in [1.29, 1.82) is 0 Å². The summed E-state index contributed by atoms with van der Waals surface area (Å²) in [6.45, 7) is 3.86. The van der Waals surface area contributed by atoms with Gasteiger partial charge in [0, 0.05) is 24.6 Å². The Morgan fingerprint density at radius 2 is 1.81 bits per heavy atom. The van der Waals surface area contributed by atoms with Gasteiger partial charge in [0.2, 0.25) is 11.8 Å². The summed E-state index contributed by atoms with van der Waals surface area (Å²) in [5.41, 5.74) is 8.17.